The van der Waals surface area contributed by atoms with Crippen molar-refractivity contribution in [2.24, 2.45) is 0 Å². The quantitative estimate of drug-likeness (QED) is 0.469. The molecule has 0 aromatic carbocycles. The van der Waals surface area contributed by atoms with Gasteiger partial charge in [-0.2, -0.15) is 0 Å². The number of nitrogens with one attached hydrogen (secondary N) is 1. The Morgan fingerprint density at radius 3 is 2.36 bits per heavy atom. The molecule has 0 bridgehead atoms. The van der Waals surface area contributed by atoms with E-state index in [2.05, 4.69) is 12.2 Å². The highest BCUT2D eigenvalue weighted by Crippen LogP contribution is 2.03. The van der Waals surface area contributed by atoms with Crippen molar-refractivity contribution in [1.29, 1.82) is 0 Å². The fourth-order valence-electron chi connectivity index (χ4n) is 1.36. The van der Waals surface area contributed by atoms with Crippen LogP contribution in [0.25, 0.3) is 0 Å². The molecule has 0 saturated heterocycles. The summed E-state index contributed by atoms with van der Waals surface area (Å²) in [6.45, 7) is 3.52. The van der Waals surface area contributed by atoms with Crippen LogP contribution in [-0.4, -0.2) is 36.0 Å². The first-order valence-corrected chi connectivity index (χ1v) is 5.81. The summed E-state index contributed by atoms with van der Waals surface area (Å²) in [4.78, 5) is 0. The number of hydrogen-bond donors (Lipinski definition) is 3. The maximum atomic E-state index is 9.02. The summed E-state index contributed by atoms with van der Waals surface area (Å²) in [6, 6.07) is 0. The van der Waals surface area contributed by atoms with Gasteiger partial charge in [-0.25, -0.2) is 0 Å². The van der Waals surface area contributed by atoms with Gasteiger partial charge in [0.1, 0.15) is 0 Å². The third-order valence-corrected chi connectivity index (χ3v) is 2.30. The fraction of sp³-hybridized carbons (Fsp3) is 1.00. The van der Waals surface area contributed by atoms with Crippen LogP contribution in [0.3, 0.4) is 0 Å². The third kappa shape index (κ3) is 9.96. The molecule has 0 spiro atoms. The molecule has 0 radical (unpaired) electrons. The van der Waals surface area contributed by atoms with Crippen LogP contribution < -0.4 is 5.32 Å². The molecule has 86 valence electrons. The molecular formula is C11H25NO2. The molecule has 14 heavy (non-hydrogen) atoms. The maximum absolute atomic E-state index is 9.02. The maximum Gasteiger partial charge on any atom is 0.0894 e. The lowest BCUT2D eigenvalue weighted by Gasteiger charge is -2.08. The molecule has 0 aliphatic carbocycles. The van der Waals surface area contributed by atoms with Gasteiger partial charge in [-0.15, -0.1) is 0 Å². The van der Waals surface area contributed by atoms with Crippen molar-refractivity contribution in [3.05, 3.63) is 0 Å². The van der Waals surface area contributed by atoms with Crippen LogP contribution in [0.5, 0.6) is 0 Å². The summed E-state index contributed by atoms with van der Waals surface area (Å²) in [5.41, 5.74) is 0. The Balaban J connectivity index is 2.92. The summed E-state index contributed by atoms with van der Waals surface area (Å²) >= 11 is 0. The zero-order valence-corrected chi connectivity index (χ0v) is 9.34. The third-order valence-electron chi connectivity index (χ3n) is 2.30. The first-order valence-electron chi connectivity index (χ1n) is 5.81. The van der Waals surface area contributed by atoms with Gasteiger partial charge in [-0.3, -0.25) is 0 Å². The molecule has 3 heteroatoms. The van der Waals surface area contributed by atoms with Crippen LogP contribution in [0.4, 0.5) is 0 Å². The Hall–Kier alpha value is -0.120. The summed E-state index contributed by atoms with van der Waals surface area (Å²) in [7, 11) is 0. The van der Waals surface area contributed by atoms with E-state index in [0.29, 0.717) is 6.54 Å². The second kappa shape index (κ2) is 11.0. The highest BCUT2D eigenvalue weighted by Gasteiger charge is 1.99. The number of rotatable bonds is 10. The van der Waals surface area contributed by atoms with Crippen molar-refractivity contribution in [3.8, 4) is 0 Å². The van der Waals surface area contributed by atoms with E-state index in [1.54, 1.807) is 0 Å². The van der Waals surface area contributed by atoms with Crippen LogP contribution in [0.1, 0.15) is 45.4 Å². The molecule has 3 N–H and O–H groups in total. The average Bonchev–Trinajstić information content (AvgIpc) is 2.21. The fourth-order valence-corrected chi connectivity index (χ4v) is 1.36. The van der Waals surface area contributed by atoms with Crippen molar-refractivity contribution in [1.82, 2.24) is 5.32 Å². The van der Waals surface area contributed by atoms with E-state index in [-0.39, 0.29) is 6.61 Å². The summed E-state index contributed by atoms with van der Waals surface area (Å²) in [5.74, 6) is 0. The molecule has 0 aliphatic heterocycles. The van der Waals surface area contributed by atoms with Crippen molar-refractivity contribution in [3.63, 3.8) is 0 Å². The van der Waals surface area contributed by atoms with Crippen molar-refractivity contribution < 1.29 is 10.2 Å². The van der Waals surface area contributed by atoms with Crippen LogP contribution in [0.15, 0.2) is 0 Å². The molecule has 0 amide bonds. The SMILES string of the molecule is CCCCCCCCNC[C@H](O)CO. The Labute approximate surface area is 87.5 Å². The number of aliphatic hydroxyl groups excluding tert-OH is 2. The minimum atomic E-state index is -0.602. The molecule has 0 saturated carbocycles. The van der Waals surface area contributed by atoms with Crippen LogP contribution >= 0.6 is 0 Å². The predicted octanol–water partition coefficient (Wildman–Crippen LogP) is 1.29. The lowest BCUT2D eigenvalue weighted by atomic mass is 10.1. The topological polar surface area (TPSA) is 52.5 Å². The molecule has 1 atom stereocenters. The van der Waals surface area contributed by atoms with Gasteiger partial charge in [-0.05, 0) is 13.0 Å². The molecule has 0 unspecified atom stereocenters. The molecule has 0 fully saturated rings. The van der Waals surface area contributed by atoms with E-state index in [9.17, 15) is 0 Å². The largest absolute Gasteiger partial charge is 0.394 e. The standard InChI is InChI=1S/C11H25NO2/c1-2-3-4-5-6-7-8-12-9-11(14)10-13/h11-14H,2-10H2,1H3/t11-/m0/s1. The lowest BCUT2D eigenvalue weighted by molar-refractivity contribution is 0.0945. The van der Waals surface area contributed by atoms with Gasteiger partial charge in [0.15, 0.2) is 0 Å². The zero-order chi connectivity index (χ0) is 10.6. The Morgan fingerprint density at radius 1 is 1.07 bits per heavy atom. The van der Waals surface area contributed by atoms with Gasteiger partial charge in [0.25, 0.3) is 0 Å². The van der Waals surface area contributed by atoms with E-state index in [4.69, 9.17) is 10.2 Å². The number of aliphatic hydroxyl groups is 2. The van der Waals surface area contributed by atoms with Gasteiger partial charge in [-0.1, -0.05) is 39.0 Å². The van der Waals surface area contributed by atoms with E-state index in [1.165, 1.54) is 38.5 Å². The van der Waals surface area contributed by atoms with Gasteiger partial charge in [0, 0.05) is 6.54 Å². The van der Waals surface area contributed by atoms with Crippen LogP contribution in [-0.2, 0) is 0 Å². The minimum absolute atomic E-state index is 0.149. The number of unbranched alkanes of at least 4 members (excludes halogenated alkanes) is 5. The summed E-state index contributed by atoms with van der Waals surface area (Å²) in [6.07, 6.45) is 7.13. The van der Waals surface area contributed by atoms with Crippen molar-refractivity contribution in [2.75, 3.05) is 19.7 Å². The van der Waals surface area contributed by atoms with Gasteiger partial charge >= 0.3 is 0 Å². The highest BCUT2D eigenvalue weighted by molar-refractivity contribution is 4.57. The molecule has 3 nitrogen and oxygen atoms in total. The zero-order valence-electron chi connectivity index (χ0n) is 9.34. The first-order chi connectivity index (χ1) is 6.81. The average molecular weight is 203 g/mol. The van der Waals surface area contributed by atoms with Gasteiger partial charge < -0.3 is 15.5 Å². The van der Waals surface area contributed by atoms with E-state index in [1.807, 2.05) is 0 Å². The molecule has 0 rings (SSSR count). The monoisotopic (exact) mass is 203 g/mol. The van der Waals surface area contributed by atoms with Crippen molar-refractivity contribution in [2.45, 2.75) is 51.6 Å². The predicted molar refractivity (Wildman–Crippen MR) is 59.3 cm³/mol. The highest BCUT2D eigenvalue weighted by atomic mass is 16.3. The molecule has 0 aliphatic rings. The second-order valence-corrected chi connectivity index (χ2v) is 3.81. The summed E-state index contributed by atoms with van der Waals surface area (Å²) < 4.78 is 0. The smallest absolute Gasteiger partial charge is 0.0894 e. The van der Waals surface area contributed by atoms with Gasteiger partial charge in [0.2, 0.25) is 0 Å². The Kier molecular flexibility index (Phi) is 10.9. The Morgan fingerprint density at radius 2 is 1.71 bits per heavy atom. The molecule has 0 heterocycles. The van der Waals surface area contributed by atoms with E-state index in [0.717, 1.165) is 6.54 Å². The first kappa shape index (κ1) is 13.9. The molecular weight excluding hydrogens is 178 g/mol. The van der Waals surface area contributed by atoms with Gasteiger partial charge in [0.05, 0.1) is 12.7 Å². The minimum Gasteiger partial charge on any atom is -0.394 e. The second-order valence-electron chi connectivity index (χ2n) is 3.81. The lowest BCUT2D eigenvalue weighted by Crippen LogP contribution is -2.29. The van der Waals surface area contributed by atoms with Crippen LogP contribution in [0, 0.1) is 0 Å². The molecule has 0 aromatic heterocycles. The van der Waals surface area contributed by atoms with Crippen LogP contribution in [0.2, 0.25) is 0 Å². The van der Waals surface area contributed by atoms with E-state index < -0.39 is 6.10 Å². The molecule has 0 aromatic rings. The number of hydrogen-bond acceptors (Lipinski definition) is 3. The van der Waals surface area contributed by atoms with Crippen molar-refractivity contribution >= 4 is 0 Å². The Bertz CT molecular complexity index is 109. The van der Waals surface area contributed by atoms with E-state index >= 15 is 0 Å². The normalized spacial score (nSPS) is 13.1. The summed E-state index contributed by atoms with van der Waals surface area (Å²) in [5, 5.41) is 20.7.